The predicted molar refractivity (Wildman–Crippen MR) is 78.5 cm³/mol. The zero-order valence-corrected chi connectivity index (χ0v) is 12.8. The quantitative estimate of drug-likeness (QED) is 0.881. The Morgan fingerprint density at radius 1 is 1.15 bits per heavy atom. The normalized spacial score (nSPS) is 11.3. The molecule has 0 bridgehead atoms. The number of aromatic carboxylic acids is 1. The van der Waals surface area contributed by atoms with E-state index in [2.05, 4.69) is 4.72 Å². The summed E-state index contributed by atoms with van der Waals surface area (Å²) in [5, 5.41) is 9.09. The number of nitrogens with one attached hydrogen (secondary N) is 1. The molecular formula is C11H7Cl2NO4S2. The fourth-order valence-electron chi connectivity index (χ4n) is 1.36. The molecule has 2 N–H and O–H groups in total. The van der Waals surface area contributed by atoms with Gasteiger partial charge in [0.2, 0.25) is 0 Å². The zero-order valence-electron chi connectivity index (χ0n) is 9.63. The highest BCUT2D eigenvalue weighted by molar-refractivity contribution is 7.94. The number of hydrogen-bond donors (Lipinski definition) is 2. The number of rotatable bonds is 4. The van der Waals surface area contributed by atoms with Crippen LogP contribution in [0, 0.1) is 0 Å². The van der Waals surface area contributed by atoms with Crippen molar-refractivity contribution in [3.05, 3.63) is 45.3 Å². The van der Waals surface area contributed by atoms with Gasteiger partial charge in [-0.05, 0) is 24.3 Å². The summed E-state index contributed by atoms with van der Waals surface area (Å²) in [6, 6.07) is 6.98. The highest BCUT2D eigenvalue weighted by atomic mass is 35.5. The fourth-order valence-corrected chi connectivity index (χ4v) is 4.21. The first-order valence-corrected chi connectivity index (χ1v) is 8.17. The van der Waals surface area contributed by atoms with Crippen molar-refractivity contribution in [2.24, 2.45) is 0 Å². The lowest BCUT2D eigenvalue weighted by Gasteiger charge is -2.09. The number of carbonyl (C=O) groups is 1. The maximum Gasteiger partial charge on any atom is 0.345 e. The molecule has 9 heteroatoms. The van der Waals surface area contributed by atoms with Crippen LogP contribution in [0.25, 0.3) is 0 Å². The van der Waals surface area contributed by atoms with Crippen molar-refractivity contribution in [2.75, 3.05) is 4.72 Å². The molecule has 0 aliphatic heterocycles. The van der Waals surface area contributed by atoms with Crippen molar-refractivity contribution in [1.29, 1.82) is 0 Å². The monoisotopic (exact) mass is 351 g/mol. The maximum atomic E-state index is 12.1. The van der Waals surface area contributed by atoms with Crippen LogP contribution in [0.5, 0.6) is 0 Å². The third-order valence-corrected chi connectivity index (χ3v) is 5.80. The van der Waals surface area contributed by atoms with Gasteiger partial charge in [0.1, 0.15) is 9.09 Å². The van der Waals surface area contributed by atoms with Crippen LogP contribution < -0.4 is 4.72 Å². The number of hydrogen-bond acceptors (Lipinski definition) is 4. The molecule has 0 amide bonds. The van der Waals surface area contributed by atoms with Crippen LogP contribution in [0.1, 0.15) is 9.67 Å². The topological polar surface area (TPSA) is 83.5 Å². The summed E-state index contributed by atoms with van der Waals surface area (Å²) in [7, 11) is -3.93. The third kappa shape index (κ3) is 3.06. The van der Waals surface area contributed by atoms with Gasteiger partial charge in [-0.3, -0.25) is 4.72 Å². The van der Waals surface area contributed by atoms with Crippen molar-refractivity contribution in [2.45, 2.75) is 4.21 Å². The predicted octanol–water partition coefficient (Wildman–Crippen LogP) is 3.55. The van der Waals surface area contributed by atoms with Gasteiger partial charge in [-0.2, -0.15) is 0 Å². The molecule has 0 saturated carbocycles. The van der Waals surface area contributed by atoms with E-state index in [9.17, 15) is 13.2 Å². The number of sulfonamides is 1. The zero-order chi connectivity index (χ0) is 14.9. The number of benzene rings is 1. The molecule has 1 aromatic heterocycles. The number of thiophene rings is 1. The van der Waals surface area contributed by atoms with E-state index in [1.54, 1.807) is 6.07 Å². The fraction of sp³-hybridized carbons (Fsp3) is 0. The molecule has 0 unspecified atom stereocenters. The average molecular weight is 352 g/mol. The van der Waals surface area contributed by atoms with E-state index >= 15 is 0 Å². The minimum Gasteiger partial charge on any atom is -0.477 e. The van der Waals surface area contributed by atoms with Crippen molar-refractivity contribution < 1.29 is 18.3 Å². The van der Waals surface area contributed by atoms with Gasteiger partial charge in [-0.15, -0.1) is 11.3 Å². The molecule has 2 aromatic rings. The molecule has 0 saturated heterocycles. The number of halogens is 2. The molecule has 1 aromatic carbocycles. The first-order chi connectivity index (χ1) is 9.31. The molecule has 0 fully saturated rings. The lowest BCUT2D eigenvalue weighted by atomic mass is 10.3. The molecule has 106 valence electrons. The molecule has 2 rings (SSSR count). The van der Waals surface area contributed by atoms with Crippen molar-refractivity contribution in [1.82, 2.24) is 0 Å². The summed E-state index contributed by atoms with van der Waals surface area (Å²) in [5.74, 6) is -1.19. The standard InChI is InChI=1S/C11H7Cl2NO4S2/c12-6-2-1-3-7(13)10(6)14-20(17,18)9-5-4-8(19-9)11(15)16/h1-5,14H,(H,15,16). The molecule has 0 atom stereocenters. The summed E-state index contributed by atoms with van der Waals surface area (Å²) < 4.78 is 26.4. The molecule has 5 nitrogen and oxygen atoms in total. The molecule has 0 spiro atoms. The molecule has 0 radical (unpaired) electrons. The Morgan fingerprint density at radius 2 is 1.75 bits per heavy atom. The van der Waals surface area contributed by atoms with Gasteiger partial charge >= 0.3 is 5.97 Å². The first-order valence-electron chi connectivity index (χ1n) is 5.11. The smallest absolute Gasteiger partial charge is 0.345 e. The number of para-hydroxylation sites is 1. The van der Waals surface area contributed by atoms with Gasteiger partial charge in [-0.1, -0.05) is 29.3 Å². The summed E-state index contributed by atoms with van der Waals surface area (Å²) >= 11 is 12.4. The van der Waals surface area contributed by atoms with E-state index in [1.165, 1.54) is 24.3 Å². The minimum atomic E-state index is -3.93. The van der Waals surface area contributed by atoms with E-state index in [1.807, 2.05) is 0 Å². The molecule has 20 heavy (non-hydrogen) atoms. The summed E-state index contributed by atoms with van der Waals surface area (Å²) in [4.78, 5) is 10.7. The van der Waals surface area contributed by atoms with Crippen molar-refractivity contribution in [3.8, 4) is 0 Å². The van der Waals surface area contributed by atoms with Gasteiger partial charge in [0, 0.05) is 0 Å². The van der Waals surface area contributed by atoms with E-state index in [4.69, 9.17) is 28.3 Å². The number of carboxylic acids is 1. The van der Waals surface area contributed by atoms with Crippen LogP contribution in [0.15, 0.2) is 34.5 Å². The highest BCUT2D eigenvalue weighted by Gasteiger charge is 2.21. The summed E-state index contributed by atoms with van der Waals surface area (Å²) in [6.07, 6.45) is 0. The van der Waals surface area contributed by atoms with Crippen molar-refractivity contribution >= 4 is 56.2 Å². The summed E-state index contributed by atoms with van der Waals surface area (Å²) in [5.41, 5.74) is 0.0566. The average Bonchev–Trinajstić information content (AvgIpc) is 2.84. The molecular weight excluding hydrogens is 345 g/mol. The SMILES string of the molecule is O=C(O)c1ccc(S(=O)(=O)Nc2c(Cl)cccc2Cl)s1. The lowest BCUT2D eigenvalue weighted by molar-refractivity contribution is 0.0702. The van der Waals surface area contributed by atoms with Crippen LogP contribution >= 0.6 is 34.5 Å². The lowest BCUT2D eigenvalue weighted by Crippen LogP contribution is -2.12. The molecule has 0 aliphatic rings. The first kappa shape index (κ1) is 15.1. The van der Waals surface area contributed by atoms with Gasteiger partial charge in [0.25, 0.3) is 10.0 Å². The van der Waals surface area contributed by atoms with Gasteiger partial charge < -0.3 is 5.11 Å². The van der Waals surface area contributed by atoms with E-state index in [-0.39, 0.29) is 24.8 Å². The number of carboxylic acid groups (broad SMARTS) is 1. The Balaban J connectivity index is 2.38. The van der Waals surface area contributed by atoms with Gasteiger partial charge in [0.15, 0.2) is 0 Å². The van der Waals surface area contributed by atoms with Gasteiger partial charge in [-0.25, -0.2) is 13.2 Å². The number of anilines is 1. The molecule has 1 heterocycles. The van der Waals surface area contributed by atoms with E-state index in [0.717, 1.165) is 0 Å². The van der Waals surface area contributed by atoms with Crippen LogP contribution in [0.3, 0.4) is 0 Å². The van der Waals surface area contributed by atoms with Crippen LogP contribution in [0.4, 0.5) is 5.69 Å². The van der Waals surface area contributed by atoms with Gasteiger partial charge in [0.05, 0.1) is 15.7 Å². The van der Waals surface area contributed by atoms with Crippen molar-refractivity contribution in [3.63, 3.8) is 0 Å². The Labute approximate surface area is 128 Å². The minimum absolute atomic E-state index is 0.0566. The highest BCUT2D eigenvalue weighted by Crippen LogP contribution is 2.33. The maximum absolute atomic E-state index is 12.1. The second kappa shape index (κ2) is 5.61. The van der Waals surface area contributed by atoms with Crippen LogP contribution in [-0.4, -0.2) is 19.5 Å². The Kier molecular flexibility index (Phi) is 4.24. The summed E-state index contributed by atoms with van der Waals surface area (Å²) in [6.45, 7) is 0. The second-order valence-corrected chi connectivity index (χ2v) is 7.43. The molecule has 0 aliphatic carbocycles. The second-order valence-electron chi connectivity index (χ2n) is 3.63. The Bertz CT molecular complexity index is 750. The van der Waals surface area contributed by atoms with Crippen LogP contribution in [-0.2, 0) is 10.0 Å². The Hall–Kier alpha value is -1.28. The largest absolute Gasteiger partial charge is 0.477 e. The van der Waals surface area contributed by atoms with Crippen LogP contribution in [0.2, 0.25) is 10.0 Å². The van der Waals surface area contributed by atoms with E-state index in [0.29, 0.717) is 11.3 Å². The third-order valence-electron chi connectivity index (χ3n) is 2.26. The van der Waals surface area contributed by atoms with E-state index < -0.39 is 16.0 Å². The Morgan fingerprint density at radius 3 is 2.25 bits per heavy atom.